The average Bonchev–Trinajstić information content (AvgIpc) is 2.36. The van der Waals surface area contributed by atoms with Gasteiger partial charge in [0.2, 0.25) is 5.91 Å². The Bertz CT molecular complexity index is 460. The molecule has 0 radical (unpaired) electrons. The van der Waals surface area contributed by atoms with Gasteiger partial charge in [0.05, 0.1) is 7.11 Å². The van der Waals surface area contributed by atoms with E-state index in [4.69, 9.17) is 9.84 Å². The van der Waals surface area contributed by atoms with Gasteiger partial charge in [0.1, 0.15) is 5.75 Å². The maximum Gasteiger partial charge on any atom is 0.244 e. The highest BCUT2D eigenvalue weighted by Gasteiger charge is 2.04. The number of carbonyl (C=O) groups excluding carboxylic acids is 1. The van der Waals surface area contributed by atoms with Crippen LogP contribution in [0, 0.1) is 0 Å². The lowest BCUT2D eigenvalue weighted by Gasteiger charge is -2.10. The molecule has 5 heteroatoms. The van der Waals surface area contributed by atoms with E-state index in [0.29, 0.717) is 12.2 Å². The summed E-state index contributed by atoms with van der Waals surface area (Å²) in [6, 6.07) is 5.53. The van der Waals surface area contributed by atoms with E-state index in [1.54, 1.807) is 13.2 Å². The molecule has 1 aromatic carbocycles. The van der Waals surface area contributed by atoms with Gasteiger partial charge in [-0.05, 0) is 37.6 Å². The number of benzene rings is 1. The van der Waals surface area contributed by atoms with E-state index in [0.717, 1.165) is 10.0 Å². The summed E-state index contributed by atoms with van der Waals surface area (Å²) < 4.78 is 6.13. The number of aliphatic hydroxyl groups excluding tert-OH is 1. The summed E-state index contributed by atoms with van der Waals surface area (Å²) in [7, 11) is 1.59. The monoisotopic (exact) mass is 327 g/mol. The Morgan fingerprint density at radius 3 is 2.95 bits per heavy atom. The molecule has 1 unspecified atom stereocenters. The van der Waals surface area contributed by atoms with Crippen LogP contribution >= 0.6 is 15.9 Å². The number of hydrogen-bond acceptors (Lipinski definition) is 3. The number of amides is 1. The van der Waals surface area contributed by atoms with Crippen molar-refractivity contribution in [2.75, 3.05) is 13.7 Å². The van der Waals surface area contributed by atoms with Crippen LogP contribution in [0.4, 0.5) is 0 Å². The van der Waals surface area contributed by atoms with Gasteiger partial charge in [0.15, 0.2) is 0 Å². The molecule has 0 bridgehead atoms. The van der Waals surface area contributed by atoms with Crippen LogP contribution in [0.3, 0.4) is 0 Å². The third-order valence-corrected chi connectivity index (χ3v) is 3.05. The molecule has 0 fully saturated rings. The Morgan fingerprint density at radius 2 is 2.32 bits per heavy atom. The molecular weight excluding hydrogens is 310 g/mol. The summed E-state index contributed by atoms with van der Waals surface area (Å²) in [6.45, 7) is 1.91. The van der Waals surface area contributed by atoms with Crippen molar-refractivity contribution in [2.45, 2.75) is 19.4 Å². The first kappa shape index (κ1) is 15.7. The van der Waals surface area contributed by atoms with Gasteiger partial charge in [-0.3, -0.25) is 4.79 Å². The molecule has 1 atom stereocenters. The predicted octanol–water partition coefficient (Wildman–Crippen LogP) is 2.36. The third-order valence-electron chi connectivity index (χ3n) is 2.56. The van der Waals surface area contributed by atoms with Crippen LogP contribution in [0.2, 0.25) is 0 Å². The topological polar surface area (TPSA) is 58.6 Å². The zero-order chi connectivity index (χ0) is 14.3. The van der Waals surface area contributed by atoms with Gasteiger partial charge in [-0.25, -0.2) is 0 Å². The standard InChI is InChI=1S/C14H18BrNO3/c1-10(7-8-17)16-14(18)6-3-11-9-12(15)4-5-13(11)19-2/h3-6,9-10,17H,7-8H2,1-2H3,(H,16,18)/b6-3+. The van der Waals surface area contributed by atoms with E-state index in [-0.39, 0.29) is 18.6 Å². The first-order valence-corrected chi connectivity index (χ1v) is 6.79. The summed E-state index contributed by atoms with van der Waals surface area (Å²) in [5.74, 6) is 0.513. The summed E-state index contributed by atoms with van der Waals surface area (Å²) in [4.78, 5) is 11.7. The summed E-state index contributed by atoms with van der Waals surface area (Å²) in [6.07, 6.45) is 3.70. The number of carbonyl (C=O) groups is 1. The average molecular weight is 328 g/mol. The van der Waals surface area contributed by atoms with Crippen molar-refractivity contribution < 1.29 is 14.6 Å². The first-order chi connectivity index (χ1) is 9.06. The maximum atomic E-state index is 11.7. The van der Waals surface area contributed by atoms with Crippen LogP contribution in [0.1, 0.15) is 18.9 Å². The highest BCUT2D eigenvalue weighted by Crippen LogP contribution is 2.23. The minimum absolute atomic E-state index is 0.0495. The second kappa shape index (κ2) is 7.96. The summed E-state index contributed by atoms with van der Waals surface area (Å²) >= 11 is 3.38. The lowest BCUT2D eigenvalue weighted by molar-refractivity contribution is -0.117. The van der Waals surface area contributed by atoms with Crippen molar-refractivity contribution in [3.05, 3.63) is 34.3 Å². The number of rotatable bonds is 6. The van der Waals surface area contributed by atoms with E-state index in [2.05, 4.69) is 21.2 Å². The minimum atomic E-state index is -0.192. The normalized spacial score (nSPS) is 12.4. The second-order valence-electron chi connectivity index (χ2n) is 4.14. The fourth-order valence-electron chi connectivity index (χ4n) is 1.56. The van der Waals surface area contributed by atoms with E-state index in [1.807, 2.05) is 25.1 Å². The van der Waals surface area contributed by atoms with Gasteiger partial charge in [-0.15, -0.1) is 0 Å². The minimum Gasteiger partial charge on any atom is -0.496 e. The quantitative estimate of drug-likeness (QED) is 0.788. The molecular formula is C14H18BrNO3. The molecule has 1 aromatic rings. The Kier molecular flexibility index (Phi) is 6.59. The number of aliphatic hydroxyl groups is 1. The first-order valence-electron chi connectivity index (χ1n) is 5.99. The molecule has 0 aliphatic rings. The number of methoxy groups -OCH3 is 1. The van der Waals surface area contributed by atoms with Gasteiger partial charge in [0.25, 0.3) is 0 Å². The fourth-order valence-corrected chi connectivity index (χ4v) is 1.94. The molecule has 0 aromatic heterocycles. The molecule has 19 heavy (non-hydrogen) atoms. The molecule has 0 saturated heterocycles. The SMILES string of the molecule is COc1ccc(Br)cc1/C=C/C(=O)NC(C)CCO. The lowest BCUT2D eigenvalue weighted by atomic mass is 10.2. The predicted molar refractivity (Wildman–Crippen MR) is 79.0 cm³/mol. The van der Waals surface area contributed by atoms with E-state index in [1.165, 1.54) is 6.08 Å². The molecule has 2 N–H and O–H groups in total. The van der Waals surface area contributed by atoms with Crippen molar-refractivity contribution in [1.29, 1.82) is 0 Å². The van der Waals surface area contributed by atoms with Crippen LogP contribution in [-0.4, -0.2) is 30.8 Å². The number of ether oxygens (including phenoxy) is 1. The number of nitrogens with one attached hydrogen (secondary N) is 1. The molecule has 0 heterocycles. The fraction of sp³-hybridized carbons (Fsp3) is 0.357. The largest absolute Gasteiger partial charge is 0.496 e. The second-order valence-corrected chi connectivity index (χ2v) is 5.06. The van der Waals surface area contributed by atoms with Gasteiger partial charge in [-0.2, -0.15) is 0 Å². The number of halogens is 1. The van der Waals surface area contributed by atoms with Crippen LogP contribution in [0.25, 0.3) is 6.08 Å². The summed E-state index contributed by atoms with van der Waals surface area (Å²) in [5, 5.41) is 11.5. The van der Waals surface area contributed by atoms with Crippen molar-refractivity contribution in [1.82, 2.24) is 5.32 Å². The van der Waals surface area contributed by atoms with Crippen LogP contribution < -0.4 is 10.1 Å². The molecule has 1 rings (SSSR count). The third kappa shape index (κ3) is 5.44. The molecule has 0 aliphatic heterocycles. The number of hydrogen-bond donors (Lipinski definition) is 2. The molecule has 1 amide bonds. The van der Waals surface area contributed by atoms with Crippen LogP contribution in [-0.2, 0) is 4.79 Å². The molecule has 104 valence electrons. The van der Waals surface area contributed by atoms with Crippen molar-refractivity contribution in [3.8, 4) is 5.75 Å². The highest BCUT2D eigenvalue weighted by atomic mass is 79.9. The van der Waals surface area contributed by atoms with E-state index in [9.17, 15) is 4.79 Å². The van der Waals surface area contributed by atoms with Crippen LogP contribution in [0.15, 0.2) is 28.7 Å². The zero-order valence-corrected chi connectivity index (χ0v) is 12.6. The summed E-state index contributed by atoms with van der Waals surface area (Å²) in [5.41, 5.74) is 0.821. The van der Waals surface area contributed by atoms with Gasteiger partial charge in [0, 0.05) is 28.8 Å². The van der Waals surface area contributed by atoms with Crippen molar-refractivity contribution >= 4 is 27.9 Å². The van der Waals surface area contributed by atoms with Gasteiger partial charge < -0.3 is 15.2 Å². The van der Waals surface area contributed by atoms with Crippen LogP contribution in [0.5, 0.6) is 5.75 Å². The maximum absolute atomic E-state index is 11.7. The molecule has 0 spiro atoms. The van der Waals surface area contributed by atoms with Gasteiger partial charge >= 0.3 is 0 Å². The molecule has 0 aliphatic carbocycles. The highest BCUT2D eigenvalue weighted by molar-refractivity contribution is 9.10. The Balaban J connectivity index is 2.70. The molecule has 4 nitrogen and oxygen atoms in total. The lowest BCUT2D eigenvalue weighted by Crippen LogP contribution is -2.31. The van der Waals surface area contributed by atoms with E-state index < -0.39 is 0 Å². The van der Waals surface area contributed by atoms with Crippen molar-refractivity contribution in [2.24, 2.45) is 0 Å². The smallest absolute Gasteiger partial charge is 0.244 e. The molecule has 0 saturated carbocycles. The van der Waals surface area contributed by atoms with Crippen molar-refractivity contribution in [3.63, 3.8) is 0 Å². The van der Waals surface area contributed by atoms with E-state index >= 15 is 0 Å². The van der Waals surface area contributed by atoms with Gasteiger partial charge in [-0.1, -0.05) is 15.9 Å². The Morgan fingerprint density at radius 1 is 1.58 bits per heavy atom. The Hall–Kier alpha value is -1.33. The zero-order valence-electron chi connectivity index (χ0n) is 11.0. The Labute approximate surface area is 121 Å².